The van der Waals surface area contributed by atoms with Crippen LogP contribution >= 0.6 is 0 Å². The first kappa shape index (κ1) is 7.10. The summed E-state index contributed by atoms with van der Waals surface area (Å²) in [6, 6.07) is 0. The van der Waals surface area contributed by atoms with Crippen LogP contribution in [0.5, 0.6) is 0 Å². The van der Waals surface area contributed by atoms with Gasteiger partial charge in [-0.05, 0) is 12.8 Å². The van der Waals surface area contributed by atoms with Crippen LogP contribution in [0.4, 0.5) is 0 Å². The molecule has 2 fully saturated rings. The molecule has 0 aromatic rings. The lowest BCUT2D eigenvalue weighted by Gasteiger charge is -2.17. The summed E-state index contributed by atoms with van der Waals surface area (Å²) >= 11 is 0. The second-order valence-corrected chi connectivity index (χ2v) is 3.53. The molecule has 1 unspecified atom stereocenters. The number of rotatable bonds is 1. The summed E-state index contributed by atoms with van der Waals surface area (Å²) in [4.78, 5) is 10.7. The van der Waals surface area contributed by atoms with Crippen LogP contribution in [-0.4, -0.2) is 17.6 Å². The Morgan fingerprint density at radius 3 is 2.45 bits per heavy atom. The number of epoxide rings is 1. The number of nitrogens with two attached hydrogens (primary N) is 1. The molecule has 1 saturated carbocycles. The fourth-order valence-electron chi connectivity index (χ4n) is 2.05. The van der Waals surface area contributed by atoms with E-state index in [0.717, 1.165) is 12.8 Å². The molecule has 1 amide bonds. The molecular formula is C8H13NO2. The van der Waals surface area contributed by atoms with Crippen LogP contribution in [0.15, 0.2) is 0 Å². The van der Waals surface area contributed by atoms with Crippen molar-refractivity contribution in [2.24, 2.45) is 5.73 Å². The highest BCUT2D eigenvalue weighted by molar-refractivity contribution is 5.83. The molecule has 3 nitrogen and oxygen atoms in total. The average molecular weight is 155 g/mol. The molecule has 1 saturated heterocycles. The molecule has 1 spiro atoms. The summed E-state index contributed by atoms with van der Waals surface area (Å²) in [5.74, 6) is -0.285. The van der Waals surface area contributed by atoms with Crippen LogP contribution in [0.3, 0.4) is 0 Å². The van der Waals surface area contributed by atoms with Crippen LogP contribution in [0.25, 0.3) is 0 Å². The van der Waals surface area contributed by atoms with Gasteiger partial charge in [0.1, 0.15) is 5.60 Å². The number of amides is 1. The van der Waals surface area contributed by atoms with Gasteiger partial charge in [0.25, 0.3) is 0 Å². The van der Waals surface area contributed by atoms with Crippen molar-refractivity contribution in [3.8, 4) is 0 Å². The van der Waals surface area contributed by atoms with E-state index in [4.69, 9.17) is 10.5 Å². The summed E-state index contributed by atoms with van der Waals surface area (Å²) in [5, 5.41) is 0. The highest BCUT2D eigenvalue weighted by Gasteiger charge is 2.59. The Hall–Kier alpha value is -0.570. The standard InChI is InChI=1S/C8H13NO2/c9-7(10)6-8(11-6)4-2-1-3-5-8/h6H,1-5H2,(H2,9,10). The van der Waals surface area contributed by atoms with E-state index >= 15 is 0 Å². The maximum atomic E-state index is 10.7. The van der Waals surface area contributed by atoms with Crippen molar-refractivity contribution in [1.82, 2.24) is 0 Å². The van der Waals surface area contributed by atoms with Crippen molar-refractivity contribution in [2.75, 3.05) is 0 Å². The Morgan fingerprint density at radius 2 is 2.00 bits per heavy atom. The minimum atomic E-state index is -0.285. The number of carbonyl (C=O) groups excluding carboxylic acids is 1. The minimum absolute atomic E-state index is 0.107. The molecule has 1 atom stereocenters. The molecule has 1 aliphatic carbocycles. The van der Waals surface area contributed by atoms with E-state index in [9.17, 15) is 4.79 Å². The number of hydrogen-bond donors (Lipinski definition) is 1. The summed E-state index contributed by atoms with van der Waals surface area (Å²) < 4.78 is 5.33. The van der Waals surface area contributed by atoms with Crippen LogP contribution in [0.1, 0.15) is 32.1 Å². The zero-order valence-electron chi connectivity index (χ0n) is 6.51. The Bertz CT molecular complexity index is 185. The highest BCUT2D eigenvalue weighted by Crippen LogP contribution is 2.47. The summed E-state index contributed by atoms with van der Waals surface area (Å²) in [7, 11) is 0. The smallest absolute Gasteiger partial charge is 0.249 e. The maximum Gasteiger partial charge on any atom is 0.249 e. The molecule has 0 aromatic carbocycles. The second kappa shape index (κ2) is 2.21. The van der Waals surface area contributed by atoms with Gasteiger partial charge in [0.05, 0.1) is 0 Å². The summed E-state index contributed by atoms with van der Waals surface area (Å²) in [6.07, 6.45) is 5.44. The summed E-state index contributed by atoms with van der Waals surface area (Å²) in [6.45, 7) is 0. The van der Waals surface area contributed by atoms with Gasteiger partial charge in [-0.2, -0.15) is 0 Å². The van der Waals surface area contributed by atoms with Crippen molar-refractivity contribution < 1.29 is 9.53 Å². The Balaban J connectivity index is 1.99. The van der Waals surface area contributed by atoms with Gasteiger partial charge in [0, 0.05) is 0 Å². The van der Waals surface area contributed by atoms with E-state index in [2.05, 4.69) is 0 Å². The molecule has 11 heavy (non-hydrogen) atoms. The van der Waals surface area contributed by atoms with Gasteiger partial charge >= 0.3 is 0 Å². The monoisotopic (exact) mass is 155 g/mol. The predicted octanol–water partition coefficient (Wildman–Crippen LogP) is 0.573. The van der Waals surface area contributed by atoms with E-state index in [1.54, 1.807) is 0 Å². The predicted molar refractivity (Wildman–Crippen MR) is 39.9 cm³/mol. The van der Waals surface area contributed by atoms with Gasteiger partial charge in [-0.3, -0.25) is 4.79 Å². The summed E-state index contributed by atoms with van der Waals surface area (Å²) in [5.41, 5.74) is 5.03. The molecular weight excluding hydrogens is 142 g/mol. The average Bonchev–Trinajstić information content (AvgIpc) is 2.66. The normalized spacial score (nSPS) is 33.6. The van der Waals surface area contributed by atoms with Crippen molar-refractivity contribution in [1.29, 1.82) is 0 Å². The van der Waals surface area contributed by atoms with Crippen LogP contribution in [0, 0.1) is 0 Å². The van der Waals surface area contributed by atoms with Gasteiger partial charge < -0.3 is 10.5 Å². The van der Waals surface area contributed by atoms with Crippen LogP contribution in [0.2, 0.25) is 0 Å². The van der Waals surface area contributed by atoms with Crippen molar-refractivity contribution in [3.05, 3.63) is 0 Å². The molecule has 2 aliphatic rings. The second-order valence-electron chi connectivity index (χ2n) is 3.53. The largest absolute Gasteiger partial charge is 0.367 e. The van der Waals surface area contributed by atoms with Crippen LogP contribution in [-0.2, 0) is 9.53 Å². The van der Waals surface area contributed by atoms with Gasteiger partial charge in [-0.25, -0.2) is 0 Å². The zero-order chi connectivity index (χ0) is 7.90. The lowest BCUT2D eigenvalue weighted by atomic mass is 9.86. The van der Waals surface area contributed by atoms with E-state index in [1.807, 2.05) is 0 Å². The zero-order valence-corrected chi connectivity index (χ0v) is 6.51. The van der Waals surface area contributed by atoms with Gasteiger partial charge in [-0.1, -0.05) is 19.3 Å². The lowest BCUT2D eigenvalue weighted by Crippen LogP contribution is -2.28. The highest BCUT2D eigenvalue weighted by atomic mass is 16.6. The lowest BCUT2D eigenvalue weighted by molar-refractivity contribution is -0.119. The third-order valence-electron chi connectivity index (χ3n) is 2.73. The van der Waals surface area contributed by atoms with Crippen LogP contribution < -0.4 is 5.73 Å². The van der Waals surface area contributed by atoms with E-state index in [0.29, 0.717) is 0 Å². The fraction of sp³-hybridized carbons (Fsp3) is 0.875. The van der Waals surface area contributed by atoms with Crippen molar-refractivity contribution >= 4 is 5.91 Å². The Kier molecular flexibility index (Phi) is 1.42. The quantitative estimate of drug-likeness (QED) is 0.563. The SMILES string of the molecule is NC(=O)C1OC12CCCCC2. The molecule has 0 aromatic heterocycles. The van der Waals surface area contributed by atoms with Crippen molar-refractivity contribution in [2.45, 2.75) is 43.8 Å². The van der Waals surface area contributed by atoms with E-state index in [-0.39, 0.29) is 17.6 Å². The number of ether oxygens (including phenoxy) is 1. The molecule has 1 heterocycles. The number of hydrogen-bond acceptors (Lipinski definition) is 2. The Labute approximate surface area is 65.9 Å². The number of carbonyl (C=O) groups is 1. The molecule has 2 N–H and O–H groups in total. The van der Waals surface area contributed by atoms with Crippen molar-refractivity contribution in [3.63, 3.8) is 0 Å². The maximum absolute atomic E-state index is 10.7. The third-order valence-corrected chi connectivity index (χ3v) is 2.73. The van der Waals surface area contributed by atoms with E-state index in [1.165, 1.54) is 19.3 Å². The number of primary amides is 1. The molecule has 1 aliphatic heterocycles. The molecule has 3 heteroatoms. The first-order valence-corrected chi connectivity index (χ1v) is 4.22. The fourth-order valence-corrected chi connectivity index (χ4v) is 2.05. The minimum Gasteiger partial charge on any atom is -0.367 e. The van der Waals surface area contributed by atoms with Gasteiger partial charge in [0.15, 0.2) is 6.10 Å². The third kappa shape index (κ3) is 1.03. The van der Waals surface area contributed by atoms with E-state index < -0.39 is 0 Å². The molecule has 62 valence electrons. The van der Waals surface area contributed by atoms with Gasteiger partial charge in [0.2, 0.25) is 5.91 Å². The van der Waals surface area contributed by atoms with Gasteiger partial charge in [-0.15, -0.1) is 0 Å². The molecule has 2 rings (SSSR count). The first-order chi connectivity index (χ1) is 5.25. The topological polar surface area (TPSA) is 55.6 Å². The molecule has 0 radical (unpaired) electrons. The Morgan fingerprint density at radius 1 is 1.36 bits per heavy atom. The molecule has 0 bridgehead atoms. The first-order valence-electron chi connectivity index (χ1n) is 4.22.